The van der Waals surface area contributed by atoms with E-state index in [2.05, 4.69) is 4.98 Å². The van der Waals surface area contributed by atoms with Crippen molar-refractivity contribution in [3.63, 3.8) is 0 Å². The molecule has 8 heteroatoms. The van der Waals surface area contributed by atoms with Crippen LogP contribution in [-0.4, -0.2) is 41.6 Å². The van der Waals surface area contributed by atoms with Crippen molar-refractivity contribution < 1.29 is 27.4 Å². The highest BCUT2D eigenvalue weighted by atomic mass is 19.4. The predicted molar refractivity (Wildman–Crippen MR) is 87.2 cm³/mol. The Bertz CT molecular complexity index is 789. The molecule has 1 saturated heterocycles. The Balaban J connectivity index is 1.60. The molecule has 1 amide bonds. The van der Waals surface area contributed by atoms with Crippen LogP contribution in [0.5, 0.6) is 11.6 Å². The maximum absolute atomic E-state index is 12.7. The average Bonchev–Trinajstić information content (AvgIpc) is 2.57. The maximum atomic E-state index is 12.7. The van der Waals surface area contributed by atoms with Crippen LogP contribution < -0.4 is 9.47 Å². The summed E-state index contributed by atoms with van der Waals surface area (Å²) in [7, 11) is 0. The van der Waals surface area contributed by atoms with E-state index in [-0.39, 0.29) is 24.9 Å². The molecule has 0 radical (unpaired) electrons. The van der Waals surface area contributed by atoms with Crippen molar-refractivity contribution >= 4 is 5.91 Å². The molecule has 0 saturated carbocycles. The van der Waals surface area contributed by atoms with Crippen LogP contribution in [0.2, 0.25) is 0 Å². The van der Waals surface area contributed by atoms with Gasteiger partial charge in [-0.15, -0.1) is 0 Å². The van der Waals surface area contributed by atoms with Crippen molar-refractivity contribution in [3.05, 3.63) is 53.7 Å². The fraction of sp³-hybridized carbons (Fsp3) is 0.333. The molecule has 3 rings (SSSR count). The fourth-order valence-corrected chi connectivity index (χ4v) is 2.58. The first kappa shape index (κ1) is 18.0. The van der Waals surface area contributed by atoms with Crippen LogP contribution in [0.15, 0.2) is 42.5 Å². The van der Waals surface area contributed by atoms with Crippen LogP contribution in [0.25, 0.3) is 0 Å². The van der Waals surface area contributed by atoms with E-state index in [0.717, 1.165) is 6.07 Å². The number of likely N-dealkylation sites (tertiary alicyclic amines) is 1. The molecule has 0 unspecified atom stereocenters. The van der Waals surface area contributed by atoms with Crippen LogP contribution in [0.4, 0.5) is 13.2 Å². The minimum absolute atomic E-state index is 0.105. The molecule has 1 aliphatic rings. The van der Waals surface area contributed by atoms with E-state index in [1.807, 2.05) is 6.92 Å². The Morgan fingerprint density at radius 3 is 2.62 bits per heavy atom. The summed E-state index contributed by atoms with van der Waals surface area (Å²) in [4.78, 5) is 17.5. The zero-order chi connectivity index (χ0) is 18.7. The Morgan fingerprint density at radius 1 is 1.19 bits per heavy atom. The zero-order valence-electron chi connectivity index (χ0n) is 14.0. The van der Waals surface area contributed by atoms with Gasteiger partial charge in [-0.3, -0.25) is 4.79 Å². The number of ether oxygens (including phenoxy) is 2. The third-order valence-corrected chi connectivity index (χ3v) is 3.85. The second kappa shape index (κ2) is 7.23. The number of pyridine rings is 1. The van der Waals surface area contributed by atoms with E-state index in [1.54, 1.807) is 29.2 Å². The Labute approximate surface area is 148 Å². The lowest BCUT2D eigenvalue weighted by Gasteiger charge is -2.38. The van der Waals surface area contributed by atoms with Gasteiger partial charge < -0.3 is 14.4 Å². The lowest BCUT2D eigenvalue weighted by atomic mass is 10.1. The van der Waals surface area contributed by atoms with Crippen molar-refractivity contribution in [2.75, 3.05) is 19.7 Å². The normalized spacial score (nSPS) is 14.7. The summed E-state index contributed by atoms with van der Waals surface area (Å²) >= 11 is 0. The van der Waals surface area contributed by atoms with Gasteiger partial charge in [0, 0.05) is 6.07 Å². The number of rotatable bonds is 5. The highest BCUT2D eigenvalue weighted by molar-refractivity contribution is 5.97. The van der Waals surface area contributed by atoms with E-state index in [1.165, 1.54) is 12.1 Å². The third-order valence-electron chi connectivity index (χ3n) is 3.85. The topological polar surface area (TPSA) is 51.7 Å². The van der Waals surface area contributed by atoms with Crippen LogP contribution >= 0.6 is 0 Å². The maximum Gasteiger partial charge on any atom is 0.433 e. The molecule has 2 aromatic rings. The largest absolute Gasteiger partial charge is 0.493 e. The van der Waals surface area contributed by atoms with Crippen molar-refractivity contribution in [1.82, 2.24) is 9.88 Å². The molecule has 2 heterocycles. The number of nitrogens with zero attached hydrogens (tertiary/aromatic N) is 2. The molecule has 1 fully saturated rings. The van der Waals surface area contributed by atoms with Crippen LogP contribution in [0, 0.1) is 0 Å². The molecule has 0 N–H and O–H groups in total. The number of benzene rings is 1. The minimum atomic E-state index is -4.52. The molecule has 0 aliphatic carbocycles. The molecule has 0 spiro atoms. The van der Waals surface area contributed by atoms with Gasteiger partial charge in [0.1, 0.15) is 17.5 Å². The van der Waals surface area contributed by atoms with Crippen molar-refractivity contribution in [1.29, 1.82) is 0 Å². The first-order chi connectivity index (χ1) is 12.4. The first-order valence-electron chi connectivity index (χ1n) is 8.10. The van der Waals surface area contributed by atoms with Gasteiger partial charge in [0.05, 0.1) is 25.3 Å². The number of amides is 1. The number of halogens is 3. The molecular formula is C18H17F3N2O3. The van der Waals surface area contributed by atoms with E-state index >= 15 is 0 Å². The number of alkyl halides is 3. The van der Waals surface area contributed by atoms with Gasteiger partial charge in [-0.1, -0.05) is 18.2 Å². The Kier molecular flexibility index (Phi) is 5.01. The number of hydrogen-bond donors (Lipinski definition) is 0. The number of aromatic nitrogens is 1. The quantitative estimate of drug-likeness (QED) is 0.814. The summed E-state index contributed by atoms with van der Waals surface area (Å²) in [5.74, 6) is 0.196. The van der Waals surface area contributed by atoms with E-state index in [4.69, 9.17) is 9.47 Å². The number of para-hydroxylation sites is 1. The van der Waals surface area contributed by atoms with E-state index < -0.39 is 18.0 Å². The van der Waals surface area contributed by atoms with Gasteiger partial charge in [-0.2, -0.15) is 13.2 Å². The van der Waals surface area contributed by atoms with Crippen LogP contribution in [-0.2, 0) is 6.18 Å². The minimum Gasteiger partial charge on any atom is -0.493 e. The summed E-state index contributed by atoms with van der Waals surface area (Å²) in [5.41, 5.74) is -0.558. The molecule has 0 atom stereocenters. The molecule has 5 nitrogen and oxygen atoms in total. The summed E-state index contributed by atoms with van der Waals surface area (Å²) in [6.45, 7) is 2.82. The van der Waals surface area contributed by atoms with Gasteiger partial charge >= 0.3 is 6.18 Å². The standard InChI is InChI=1S/C18H17F3N2O3/c1-2-25-14-7-4-3-6-13(14)17(24)23-10-12(11-23)26-16-9-5-8-15(22-16)18(19,20)21/h3-9,12H,2,10-11H2,1H3. The van der Waals surface area contributed by atoms with E-state index in [9.17, 15) is 18.0 Å². The highest BCUT2D eigenvalue weighted by Crippen LogP contribution is 2.29. The molecule has 1 aromatic heterocycles. The monoisotopic (exact) mass is 366 g/mol. The number of hydrogen-bond acceptors (Lipinski definition) is 4. The molecule has 138 valence electrons. The van der Waals surface area contributed by atoms with Gasteiger partial charge in [0.25, 0.3) is 5.91 Å². The Morgan fingerprint density at radius 2 is 1.92 bits per heavy atom. The lowest BCUT2D eigenvalue weighted by Crippen LogP contribution is -2.56. The number of carbonyl (C=O) groups excluding carboxylic acids is 1. The van der Waals surface area contributed by atoms with Gasteiger partial charge in [0.2, 0.25) is 5.88 Å². The van der Waals surface area contributed by atoms with Gasteiger partial charge in [0.15, 0.2) is 0 Å². The highest BCUT2D eigenvalue weighted by Gasteiger charge is 2.36. The summed E-state index contributed by atoms with van der Waals surface area (Å²) in [6.07, 6.45) is -4.92. The lowest BCUT2D eigenvalue weighted by molar-refractivity contribution is -0.141. The molecular weight excluding hydrogens is 349 g/mol. The van der Waals surface area contributed by atoms with Gasteiger partial charge in [-0.25, -0.2) is 4.98 Å². The van der Waals surface area contributed by atoms with Crippen molar-refractivity contribution in [2.24, 2.45) is 0 Å². The SMILES string of the molecule is CCOc1ccccc1C(=O)N1CC(Oc2cccc(C(F)(F)F)n2)C1. The first-order valence-corrected chi connectivity index (χ1v) is 8.10. The van der Waals surface area contributed by atoms with Crippen LogP contribution in [0.3, 0.4) is 0 Å². The summed E-state index contributed by atoms with van der Waals surface area (Å²) in [6, 6.07) is 10.4. The number of carbonyl (C=O) groups is 1. The molecule has 0 bridgehead atoms. The Hall–Kier alpha value is -2.77. The molecule has 1 aliphatic heterocycles. The zero-order valence-corrected chi connectivity index (χ0v) is 14.0. The van der Waals surface area contributed by atoms with Gasteiger partial charge in [-0.05, 0) is 25.1 Å². The third kappa shape index (κ3) is 3.89. The van der Waals surface area contributed by atoms with E-state index in [0.29, 0.717) is 17.9 Å². The average molecular weight is 366 g/mol. The predicted octanol–water partition coefficient (Wildman–Crippen LogP) is 3.40. The summed E-state index contributed by atoms with van der Waals surface area (Å²) < 4.78 is 48.9. The summed E-state index contributed by atoms with van der Waals surface area (Å²) in [5, 5.41) is 0. The molecule has 26 heavy (non-hydrogen) atoms. The molecule has 1 aromatic carbocycles. The van der Waals surface area contributed by atoms with Crippen molar-refractivity contribution in [2.45, 2.75) is 19.2 Å². The smallest absolute Gasteiger partial charge is 0.433 e. The van der Waals surface area contributed by atoms with Crippen molar-refractivity contribution in [3.8, 4) is 11.6 Å². The second-order valence-electron chi connectivity index (χ2n) is 5.74. The fourth-order valence-electron chi connectivity index (χ4n) is 2.58. The second-order valence-corrected chi connectivity index (χ2v) is 5.74. The van der Waals surface area contributed by atoms with Crippen LogP contribution in [0.1, 0.15) is 23.0 Å².